The molecule has 0 heterocycles. The Labute approximate surface area is 211 Å². The molecule has 0 saturated heterocycles. The van der Waals surface area contributed by atoms with Gasteiger partial charge in [0.05, 0.1) is 11.3 Å². The zero-order valence-corrected chi connectivity index (χ0v) is 21.1. The number of ketones is 1. The molecule has 0 amide bonds. The Hall–Kier alpha value is -4.11. The Bertz CT molecular complexity index is 1290. The molecule has 0 fully saturated rings. The Morgan fingerprint density at radius 2 is 1.47 bits per heavy atom. The van der Waals surface area contributed by atoms with E-state index in [1.165, 1.54) is 12.1 Å². The highest BCUT2D eigenvalue weighted by molar-refractivity contribution is 7.86. The summed E-state index contributed by atoms with van der Waals surface area (Å²) in [6.45, 7) is 5.32. The number of hydrogen-bond donors (Lipinski definition) is 0. The summed E-state index contributed by atoms with van der Waals surface area (Å²) in [6.07, 6.45) is 1.77. The van der Waals surface area contributed by atoms with Gasteiger partial charge in [-0.2, -0.15) is 8.42 Å². The van der Waals surface area contributed by atoms with Gasteiger partial charge in [0.2, 0.25) is 0 Å². The van der Waals surface area contributed by atoms with Crippen molar-refractivity contribution in [2.24, 2.45) is 10.3 Å². The van der Waals surface area contributed by atoms with Gasteiger partial charge in [0, 0.05) is 12.8 Å². The third-order valence-electron chi connectivity index (χ3n) is 4.59. The number of aryl methyl sites for hydroxylation is 1. The molecule has 0 aliphatic carbocycles. The average molecular weight is 509 g/mol. The fourth-order valence-electron chi connectivity index (χ4n) is 2.65. The fourth-order valence-corrected chi connectivity index (χ4v) is 3.36. The van der Waals surface area contributed by atoms with Crippen LogP contribution in [0.5, 0.6) is 0 Å². The lowest BCUT2D eigenvalue weighted by Crippen LogP contribution is -2.04. The van der Waals surface area contributed by atoms with Crippen molar-refractivity contribution in [3.63, 3.8) is 0 Å². The lowest BCUT2D eigenvalue weighted by molar-refractivity contribution is -0.112. The third kappa shape index (κ3) is 10.0. The lowest BCUT2D eigenvalue weighted by Gasteiger charge is -2.01. The summed E-state index contributed by atoms with van der Waals surface area (Å²) in [5, 5.41) is 7.01. The molecule has 0 N–H and O–H groups in total. The maximum Gasteiger partial charge on any atom is 0.365 e. The quantitative estimate of drug-likeness (QED) is 0.225. The lowest BCUT2D eigenvalue weighted by atomic mass is 10.1. The van der Waals surface area contributed by atoms with Crippen LogP contribution in [-0.2, 0) is 30.5 Å². The van der Waals surface area contributed by atoms with Gasteiger partial charge >= 0.3 is 16.1 Å². The highest BCUT2D eigenvalue weighted by atomic mass is 32.2. The van der Waals surface area contributed by atoms with Gasteiger partial charge in [-0.15, -0.1) is 0 Å². The number of oxime groups is 2. The minimum absolute atomic E-state index is 0.00389. The largest absolute Gasteiger partial charge is 0.365 e. The molecule has 36 heavy (non-hydrogen) atoms. The molecule has 0 atom stereocenters. The van der Waals surface area contributed by atoms with E-state index in [-0.39, 0.29) is 17.1 Å². The van der Waals surface area contributed by atoms with E-state index in [1.807, 2.05) is 50.2 Å². The molecule has 0 bridgehead atoms. The molecule has 8 nitrogen and oxygen atoms in total. The minimum Gasteiger partial charge on any atom is -0.313 e. The van der Waals surface area contributed by atoms with Gasteiger partial charge in [-0.05, 0) is 43.7 Å². The zero-order valence-electron chi connectivity index (χ0n) is 20.3. The molecule has 3 aromatic carbocycles. The van der Waals surface area contributed by atoms with Crippen LogP contribution in [0.4, 0.5) is 0 Å². The first-order chi connectivity index (χ1) is 17.2. The van der Waals surface area contributed by atoms with E-state index >= 15 is 0 Å². The van der Waals surface area contributed by atoms with Crippen LogP contribution in [-0.4, -0.2) is 32.1 Å². The number of nitrogens with zero attached hydrogens (tertiary/aromatic N) is 2. The van der Waals surface area contributed by atoms with Crippen LogP contribution in [0.3, 0.4) is 0 Å². The van der Waals surface area contributed by atoms with Crippen molar-refractivity contribution in [1.29, 1.82) is 0 Å². The highest BCUT2D eigenvalue weighted by Gasteiger charge is 2.14. The molecule has 0 radical (unpaired) electrons. The molecule has 9 heteroatoms. The molecular weight excluding hydrogens is 480 g/mol. The van der Waals surface area contributed by atoms with E-state index in [2.05, 4.69) is 14.6 Å². The number of hydrogen-bond acceptors (Lipinski definition) is 8. The molecule has 188 valence electrons. The van der Waals surface area contributed by atoms with Crippen LogP contribution in [0.2, 0.25) is 0 Å². The monoisotopic (exact) mass is 508 g/mol. The first-order valence-corrected chi connectivity index (χ1v) is 12.5. The summed E-state index contributed by atoms with van der Waals surface area (Å²) in [4.78, 5) is 27.4. The number of benzene rings is 3. The summed E-state index contributed by atoms with van der Waals surface area (Å²) < 4.78 is 27.5. The van der Waals surface area contributed by atoms with Crippen molar-refractivity contribution in [2.45, 2.75) is 38.5 Å². The Balaban J connectivity index is 0.000000255. The molecule has 3 rings (SSSR count). The number of carbonyl (C=O) groups is 2. The first-order valence-electron chi connectivity index (χ1n) is 11.1. The molecule has 0 aliphatic rings. The van der Waals surface area contributed by atoms with Crippen molar-refractivity contribution in [3.8, 4) is 0 Å². The standard InChI is InChI=1S/C16H15NO2.C11H13NO4S/c1-13(12-14-8-4-2-5-9-14)17-19-16(18)15-10-6-3-7-11-15;1-3-10(13)8-12-16-17(14,15)11-6-4-9(2)5-7-11/h2-11H,12H2,1H3;4-8H,3H2,1-2H3. The Morgan fingerprint density at radius 3 is 2.06 bits per heavy atom. The summed E-state index contributed by atoms with van der Waals surface area (Å²) in [7, 11) is -3.93. The fraction of sp³-hybridized carbons (Fsp3) is 0.185. The van der Waals surface area contributed by atoms with Gasteiger partial charge in [-0.25, -0.2) is 4.79 Å². The second-order valence-electron chi connectivity index (χ2n) is 7.63. The smallest absolute Gasteiger partial charge is 0.313 e. The molecular formula is C27H28N2O6S. The van der Waals surface area contributed by atoms with E-state index in [0.29, 0.717) is 12.0 Å². The van der Waals surface area contributed by atoms with E-state index < -0.39 is 16.1 Å². The first kappa shape index (κ1) is 28.1. The predicted octanol–water partition coefficient (Wildman–Crippen LogP) is 5.13. The summed E-state index contributed by atoms with van der Waals surface area (Å²) in [6, 6.07) is 24.9. The second-order valence-corrected chi connectivity index (χ2v) is 9.16. The normalized spacial score (nSPS) is 11.4. The van der Waals surface area contributed by atoms with Gasteiger partial charge in [0.25, 0.3) is 0 Å². The van der Waals surface area contributed by atoms with Gasteiger partial charge < -0.3 is 4.84 Å². The van der Waals surface area contributed by atoms with Gasteiger partial charge in [-0.3, -0.25) is 9.08 Å². The molecule has 0 unspecified atom stereocenters. The van der Waals surface area contributed by atoms with Crippen LogP contribution in [0.15, 0.2) is 100 Å². The van der Waals surface area contributed by atoms with Crippen molar-refractivity contribution < 1.29 is 27.1 Å². The SMILES string of the molecule is CC(Cc1ccccc1)=NOC(=O)c1ccccc1.CCC(=O)C=NOS(=O)(=O)c1ccc(C)cc1. The number of Topliss-reactive ketones (excluding diaryl/α,β-unsaturated/α-hetero) is 1. The van der Waals surface area contributed by atoms with Crippen LogP contribution in [0.1, 0.15) is 41.8 Å². The van der Waals surface area contributed by atoms with E-state index in [0.717, 1.165) is 23.1 Å². The highest BCUT2D eigenvalue weighted by Crippen LogP contribution is 2.13. The minimum atomic E-state index is -3.93. The van der Waals surface area contributed by atoms with E-state index in [1.54, 1.807) is 43.3 Å². The second kappa shape index (κ2) is 14.3. The Kier molecular flexibility index (Phi) is 11.2. The van der Waals surface area contributed by atoms with Crippen molar-refractivity contribution in [2.75, 3.05) is 0 Å². The van der Waals surface area contributed by atoms with Crippen LogP contribution in [0, 0.1) is 6.92 Å². The summed E-state index contributed by atoms with van der Waals surface area (Å²) in [5.41, 5.74) is 3.34. The van der Waals surface area contributed by atoms with Crippen LogP contribution < -0.4 is 0 Å². The maximum atomic E-state index is 11.7. The number of carbonyl (C=O) groups excluding carboxylic acids is 2. The molecule has 0 aliphatic heterocycles. The third-order valence-corrected chi connectivity index (χ3v) is 5.72. The Morgan fingerprint density at radius 1 is 0.889 bits per heavy atom. The van der Waals surface area contributed by atoms with Gasteiger partial charge in [0.1, 0.15) is 11.1 Å². The molecule has 0 spiro atoms. The van der Waals surface area contributed by atoms with Gasteiger partial charge in [0.15, 0.2) is 5.78 Å². The van der Waals surface area contributed by atoms with Gasteiger partial charge in [-0.1, -0.05) is 83.5 Å². The van der Waals surface area contributed by atoms with E-state index in [9.17, 15) is 18.0 Å². The summed E-state index contributed by atoms with van der Waals surface area (Å²) in [5.74, 6) is -0.739. The topological polar surface area (TPSA) is 111 Å². The molecule has 0 saturated carbocycles. The average Bonchev–Trinajstić information content (AvgIpc) is 2.89. The summed E-state index contributed by atoms with van der Waals surface area (Å²) >= 11 is 0. The molecule has 3 aromatic rings. The zero-order chi connectivity index (χ0) is 26.4. The van der Waals surface area contributed by atoms with Crippen molar-refractivity contribution >= 4 is 33.8 Å². The van der Waals surface area contributed by atoms with E-state index in [4.69, 9.17) is 4.84 Å². The van der Waals surface area contributed by atoms with Crippen LogP contribution in [0.25, 0.3) is 0 Å². The van der Waals surface area contributed by atoms with Crippen molar-refractivity contribution in [1.82, 2.24) is 0 Å². The number of rotatable bonds is 9. The van der Waals surface area contributed by atoms with Crippen LogP contribution >= 0.6 is 0 Å². The maximum absolute atomic E-state index is 11.7. The molecule has 0 aromatic heterocycles. The van der Waals surface area contributed by atoms with Crippen molar-refractivity contribution in [3.05, 3.63) is 102 Å². The predicted molar refractivity (Wildman–Crippen MR) is 138 cm³/mol.